The van der Waals surface area contributed by atoms with Crippen LogP contribution in [0.5, 0.6) is 0 Å². The zero-order valence-corrected chi connectivity index (χ0v) is 59.0. The van der Waals surface area contributed by atoms with Crippen LogP contribution in [0.15, 0.2) is 413 Å². The lowest BCUT2D eigenvalue weighted by Crippen LogP contribution is -1.89. The second kappa shape index (κ2) is 28.4. The van der Waals surface area contributed by atoms with Crippen LogP contribution < -0.4 is 0 Å². The molecule has 14 aromatic carbocycles. The van der Waals surface area contributed by atoms with E-state index in [2.05, 4.69) is 388 Å². The van der Waals surface area contributed by atoms with E-state index in [0.29, 0.717) is 0 Å². The number of rotatable bonds is 0. The van der Waals surface area contributed by atoms with Crippen molar-refractivity contribution in [1.82, 2.24) is 19.9 Å². The van der Waals surface area contributed by atoms with E-state index in [1.165, 1.54) is 134 Å². The van der Waals surface area contributed by atoms with Crippen LogP contribution in [0.25, 0.3) is 201 Å². The molecule has 0 N–H and O–H groups in total. The van der Waals surface area contributed by atoms with Crippen LogP contribution in [-0.4, -0.2) is 19.9 Å². The molecule has 16 heterocycles. The molecule has 0 fully saturated rings. The number of hydrogen-bond donors (Lipinski definition) is 0. The van der Waals surface area contributed by atoms with E-state index >= 15 is 0 Å². The number of pyridine rings is 4. The van der Waals surface area contributed by atoms with Crippen molar-refractivity contribution in [1.29, 1.82) is 0 Å². The lowest BCUT2D eigenvalue weighted by Gasteiger charge is -2.10. The van der Waals surface area contributed by atoms with Gasteiger partial charge in [-0.2, -0.15) is 0 Å². The Balaban J connectivity index is 0.544. The van der Waals surface area contributed by atoms with Crippen molar-refractivity contribution in [3.05, 3.63) is 413 Å². The van der Waals surface area contributed by atoms with E-state index in [1.807, 2.05) is 24.8 Å². The highest BCUT2D eigenvalue weighted by molar-refractivity contribution is 5.83. The van der Waals surface area contributed by atoms with Crippen LogP contribution in [0.1, 0.15) is 0 Å². The molecule has 52 aliphatic rings. The summed E-state index contributed by atoms with van der Waals surface area (Å²) in [5, 5.41) is 0. The van der Waals surface area contributed by atoms with Crippen molar-refractivity contribution in [3.63, 3.8) is 0 Å². The van der Waals surface area contributed by atoms with Crippen LogP contribution in [0.3, 0.4) is 0 Å². The van der Waals surface area contributed by atoms with Gasteiger partial charge < -0.3 is 0 Å². The summed E-state index contributed by atoms with van der Waals surface area (Å²) in [4.78, 5) is 19.5. The van der Waals surface area contributed by atoms with Crippen LogP contribution >= 0.6 is 0 Å². The van der Waals surface area contributed by atoms with E-state index in [1.54, 1.807) is 0 Å². The van der Waals surface area contributed by atoms with Crippen molar-refractivity contribution in [2.45, 2.75) is 0 Å². The van der Waals surface area contributed by atoms with Gasteiger partial charge in [0.2, 0.25) is 0 Å². The van der Waals surface area contributed by atoms with Gasteiger partial charge in [0.15, 0.2) is 0 Å². The molecule has 70 rings (SSSR count). The summed E-state index contributed by atoms with van der Waals surface area (Å²) in [6.45, 7) is 0. The van der Waals surface area contributed by atoms with Crippen LogP contribution in [0.4, 0.5) is 0 Å². The minimum absolute atomic E-state index is 0.836. The lowest BCUT2D eigenvalue weighted by molar-refractivity contribution is 1.25. The van der Waals surface area contributed by atoms with Crippen molar-refractivity contribution in [2.75, 3.05) is 0 Å². The Kier molecular flexibility index (Phi) is 17.0. The molecule has 504 valence electrons. The van der Waals surface area contributed by atoms with Gasteiger partial charge in [-0.25, -0.2) is 0 Å². The highest BCUT2D eigenvalue weighted by Gasteiger charge is 2.14. The molecule has 4 aromatic heterocycles. The van der Waals surface area contributed by atoms with E-state index < -0.39 is 0 Å². The molecule has 36 bridgehead atoms. The van der Waals surface area contributed by atoms with Gasteiger partial charge in [0, 0.05) is 47.0 Å². The summed E-state index contributed by atoms with van der Waals surface area (Å²) < 4.78 is 0. The summed E-state index contributed by atoms with van der Waals surface area (Å²) in [6, 6.07) is 140. The minimum Gasteiger partial charge on any atom is -0.254 e. The van der Waals surface area contributed by atoms with Gasteiger partial charge in [-0.1, -0.05) is 364 Å². The minimum atomic E-state index is 0.836. The van der Waals surface area contributed by atoms with Crippen molar-refractivity contribution in [2.24, 2.45) is 0 Å². The molecule has 0 radical (unpaired) electrons. The Morgan fingerprint density at radius 3 is 0.204 bits per heavy atom. The maximum absolute atomic E-state index is 4.86. The predicted molar refractivity (Wildman–Crippen MR) is 449 cm³/mol. The third-order valence-corrected chi connectivity index (χ3v) is 21.3. The van der Waals surface area contributed by atoms with Crippen LogP contribution in [-0.2, 0) is 0 Å². The number of aromatic nitrogens is 4. The molecule has 108 heavy (non-hydrogen) atoms. The van der Waals surface area contributed by atoms with Gasteiger partial charge in [-0.05, 0) is 180 Å². The molecule has 4 heteroatoms. The second-order valence-corrected chi connectivity index (χ2v) is 27.8. The van der Waals surface area contributed by atoms with Crippen LogP contribution in [0.2, 0.25) is 0 Å². The second-order valence-electron chi connectivity index (χ2n) is 27.8. The third-order valence-electron chi connectivity index (χ3n) is 21.3. The predicted octanol–water partition coefficient (Wildman–Crippen LogP) is 27.6. The first kappa shape index (κ1) is 64.5. The lowest BCUT2D eigenvalue weighted by atomic mass is 9.95. The van der Waals surface area contributed by atoms with E-state index in [9.17, 15) is 0 Å². The van der Waals surface area contributed by atoms with Gasteiger partial charge in [0.1, 0.15) is 0 Å². The van der Waals surface area contributed by atoms with E-state index in [0.717, 1.165) is 67.3 Å². The Labute approximate surface area is 629 Å². The van der Waals surface area contributed by atoms with E-state index in [-0.39, 0.29) is 0 Å². The third kappa shape index (κ3) is 13.3. The summed E-state index contributed by atoms with van der Waals surface area (Å²) >= 11 is 0. The smallest absolute Gasteiger partial charge is 0.0886 e. The Morgan fingerprint density at radius 1 is 0.0741 bits per heavy atom. The summed E-state index contributed by atoms with van der Waals surface area (Å²) in [7, 11) is 0. The van der Waals surface area contributed by atoms with E-state index in [4.69, 9.17) is 19.9 Å². The number of hydrogen-bond acceptors (Lipinski definition) is 4. The molecule has 0 unspecified atom stereocenters. The normalized spacial score (nSPS) is 11.3. The topological polar surface area (TPSA) is 51.6 Å². The molecule has 0 saturated heterocycles. The van der Waals surface area contributed by atoms with Gasteiger partial charge in [0.25, 0.3) is 0 Å². The van der Waals surface area contributed by atoms with Crippen molar-refractivity contribution in [3.8, 4) is 201 Å². The van der Waals surface area contributed by atoms with Gasteiger partial charge in [-0.3, -0.25) is 19.9 Å². The molecule has 40 aliphatic carbocycles. The molecule has 18 aromatic rings. The molecular weight excluding hydrogens is 1310 g/mol. The summed E-state index contributed by atoms with van der Waals surface area (Å²) in [5.41, 5.74) is 40.3. The monoisotopic (exact) mass is 1370 g/mol. The quantitative estimate of drug-likeness (QED) is 0.152. The zero-order chi connectivity index (χ0) is 71.7. The Hall–Kier alpha value is -14.3. The van der Waals surface area contributed by atoms with Crippen LogP contribution in [0, 0.1) is 0 Å². The maximum atomic E-state index is 4.86. The standard InChI is InChI=1S/C104H68N4/c1-2-70-4-3-69(1)73-9-17-77(18-10-73)81-25-33-85(34-26-81)89-41-49-93(50-42-89)97-57-61-101(105-65-97)103-63-59-99(67-107-103)95-53-45-91(46-54-95)87-37-29-83(30-38-87)79-21-13-75(14-22-79)71-5-7-72(8-6-71)76-15-23-80(24-16-76)84-31-39-88(40-32-84)92-47-55-96(56-48-92)100-60-64-104(108-68-100)102-62-58-98(66-106-102)94-51-43-90(44-52-94)86-35-27-82(28-36-86)78-19-11-74(70)12-20-78/h1-68H. The molecule has 0 atom stereocenters. The highest BCUT2D eigenvalue weighted by Crippen LogP contribution is 2.38. The highest BCUT2D eigenvalue weighted by atomic mass is 14.8. The Bertz CT molecular complexity index is 4160. The zero-order valence-electron chi connectivity index (χ0n) is 59.0. The van der Waals surface area contributed by atoms with Crippen molar-refractivity contribution >= 4 is 0 Å². The molecule has 4 nitrogen and oxygen atoms in total. The van der Waals surface area contributed by atoms with Gasteiger partial charge >= 0.3 is 0 Å². The average Bonchev–Trinajstić information content (AvgIpc) is 0.828. The largest absolute Gasteiger partial charge is 0.254 e. The Morgan fingerprint density at radius 2 is 0.139 bits per heavy atom. The van der Waals surface area contributed by atoms with Gasteiger partial charge in [0.05, 0.1) is 22.8 Å². The molecule has 0 spiro atoms. The molecule has 0 amide bonds. The maximum Gasteiger partial charge on any atom is 0.0886 e. The first-order chi connectivity index (χ1) is 53.4. The fraction of sp³-hybridized carbons (Fsp3) is 0. The van der Waals surface area contributed by atoms with Gasteiger partial charge in [-0.15, -0.1) is 0 Å². The SMILES string of the molecule is c1cc2ccc1-c1ccc(cc1)-c1ccc(cc1)-c1ccc(cc1)-c1ccc(nc1)-c1ccc(cn1)-c1ccc(cc1)-c1ccc(cc1)-c1ccc(cc1)-c1ccc(cc1)-c1ccc(cc1)-c1ccc(cc1)-c1ccc(cc1)-c1ccc(nc1)-c1ccc(cn1)-c1ccc(cc1)-c1ccc(cc1)-c1ccc-2cc1. The first-order valence-electron chi connectivity index (χ1n) is 36.7. The van der Waals surface area contributed by atoms with Crippen molar-refractivity contribution < 1.29 is 0 Å². The summed E-state index contributed by atoms with van der Waals surface area (Å²) in [5.74, 6) is 0. The summed E-state index contributed by atoms with van der Waals surface area (Å²) in [6.07, 6.45) is 7.77. The average molecular weight is 1370 g/mol. The molecule has 12 aliphatic heterocycles. The number of benzene rings is 14. The first-order valence-corrected chi connectivity index (χ1v) is 36.7. The molecular formula is C104H68N4. The number of nitrogens with zero attached hydrogens (tertiary/aromatic N) is 4. The fourth-order valence-electron chi connectivity index (χ4n) is 14.8. The molecule has 0 saturated carbocycles. The fourth-order valence-corrected chi connectivity index (χ4v) is 14.8.